The Bertz CT molecular complexity index is 638. The van der Waals surface area contributed by atoms with Crippen LogP contribution in [0.15, 0.2) is 59.1 Å². The van der Waals surface area contributed by atoms with Gasteiger partial charge in [0, 0.05) is 16.3 Å². The van der Waals surface area contributed by atoms with Crippen molar-refractivity contribution >= 4 is 21.8 Å². The van der Waals surface area contributed by atoms with Crippen molar-refractivity contribution in [2.45, 2.75) is 31.2 Å². The molecular weight excluding hydrogens is 326 g/mol. The molecule has 2 unspecified atom stereocenters. The van der Waals surface area contributed by atoms with Gasteiger partial charge in [-0.3, -0.25) is 4.79 Å². The molecule has 2 atom stereocenters. The molecule has 1 aliphatic heterocycles. The smallest absolute Gasteiger partial charge is 0.221 e. The van der Waals surface area contributed by atoms with Crippen LogP contribution in [-0.2, 0) is 10.2 Å². The minimum absolute atomic E-state index is 0.0392. The normalized spacial score (nSPS) is 24.9. The fourth-order valence-corrected chi connectivity index (χ4v) is 3.63. The number of halogens is 1. The van der Waals surface area contributed by atoms with Gasteiger partial charge < -0.3 is 5.32 Å². The van der Waals surface area contributed by atoms with Gasteiger partial charge in [-0.1, -0.05) is 65.3 Å². The van der Waals surface area contributed by atoms with Gasteiger partial charge in [-0.2, -0.15) is 0 Å². The first-order valence-electron chi connectivity index (χ1n) is 7.26. The lowest BCUT2D eigenvalue weighted by Crippen LogP contribution is -2.32. The Balaban J connectivity index is 2.09. The van der Waals surface area contributed by atoms with Gasteiger partial charge in [0.2, 0.25) is 5.91 Å². The maximum Gasteiger partial charge on any atom is 0.221 e. The first-order chi connectivity index (χ1) is 10.2. The summed E-state index contributed by atoms with van der Waals surface area (Å²) in [5.41, 5.74) is 2.23. The zero-order valence-electron chi connectivity index (χ0n) is 12.0. The number of nitrogens with one attached hydrogen (secondary N) is 1. The van der Waals surface area contributed by atoms with E-state index >= 15 is 0 Å². The van der Waals surface area contributed by atoms with Gasteiger partial charge >= 0.3 is 0 Å². The molecule has 0 radical (unpaired) electrons. The quantitative estimate of drug-likeness (QED) is 0.881. The summed E-state index contributed by atoms with van der Waals surface area (Å²) in [6.45, 7) is 2.16. The van der Waals surface area contributed by atoms with E-state index in [2.05, 4.69) is 64.6 Å². The highest BCUT2D eigenvalue weighted by Gasteiger charge is 2.47. The van der Waals surface area contributed by atoms with E-state index in [0.717, 1.165) is 10.9 Å². The molecule has 1 heterocycles. The number of hydrogen-bond donors (Lipinski definition) is 1. The Morgan fingerprint density at radius 3 is 2.43 bits per heavy atom. The molecule has 2 aromatic rings. The van der Waals surface area contributed by atoms with E-state index in [1.54, 1.807) is 0 Å². The molecule has 0 aliphatic carbocycles. The van der Waals surface area contributed by atoms with Gasteiger partial charge in [0.05, 0.1) is 6.04 Å². The molecule has 3 rings (SSSR count). The van der Waals surface area contributed by atoms with E-state index in [4.69, 9.17) is 0 Å². The van der Waals surface area contributed by atoms with Crippen LogP contribution in [0.1, 0.15) is 36.9 Å². The van der Waals surface area contributed by atoms with E-state index in [1.807, 2.05) is 18.2 Å². The molecule has 1 N–H and O–H groups in total. The number of benzene rings is 2. The number of hydrogen-bond acceptors (Lipinski definition) is 1. The van der Waals surface area contributed by atoms with Crippen LogP contribution in [0.2, 0.25) is 0 Å². The highest BCUT2D eigenvalue weighted by molar-refractivity contribution is 9.10. The van der Waals surface area contributed by atoms with Crippen molar-refractivity contribution in [3.8, 4) is 0 Å². The largest absolute Gasteiger partial charge is 0.348 e. The highest BCUT2D eigenvalue weighted by atomic mass is 79.9. The third-order valence-electron chi connectivity index (χ3n) is 4.52. The fourth-order valence-electron chi connectivity index (χ4n) is 3.37. The molecule has 0 bridgehead atoms. The van der Waals surface area contributed by atoms with E-state index in [0.29, 0.717) is 6.42 Å². The van der Waals surface area contributed by atoms with Gasteiger partial charge in [-0.15, -0.1) is 0 Å². The van der Waals surface area contributed by atoms with E-state index in [1.165, 1.54) is 11.1 Å². The monoisotopic (exact) mass is 343 g/mol. The predicted octanol–water partition coefficient (Wildman–Crippen LogP) is 4.36. The van der Waals surface area contributed by atoms with Gasteiger partial charge in [0.25, 0.3) is 0 Å². The molecule has 1 amide bonds. The first-order valence-corrected chi connectivity index (χ1v) is 8.05. The Labute approximate surface area is 133 Å². The maximum atomic E-state index is 12.1. The van der Waals surface area contributed by atoms with Crippen LogP contribution in [0.5, 0.6) is 0 Å². The molecule has 0 spiro atoms. The molecule has 3 heteroatoms. The Hall–Kier alpha value is -1.61. The first kappa shape index (κ1) is 14.3. The van der Waals surface area contributed by atoms with Crippen LogP contribution in [0.3, 0.4) is 0 Å². The van der Waals surface area contributed by atoms with Crippen molar-refractivity contribution in [1.29, 1.82) is 0 Å². The molecular formula is C18H18BrNO. The molecule has 21 heavy (non-hydrogen) atoms. The van der Waals surface area contributed by atoms with Crippen molar-refractivity contribution in [3.63, 3.8) is 0 Å². The van der Waals surface area contributed by atoms with Crippen molar-refractivity contribution in [2.75, 3.05) is 0 Å². The lowest BCUT2D eigenvalue weighted by atomic mass is 9.70. The van der Waals surface area contributed by atoms with Gasteiger partial charge in [-0.05, 0) is 29.7 Å². The molecule has 0 aromatic heterocycles. The summed E-state index contributed by atoms with van der Waals surface area (Å²) >= 11 is 3.48. The number of rotatable bonds is 3. The second-order valence-corrected chi connectivity index (χ2v) is 6.52. The average molecular weight is 344 g/mol. The number of amides is 1. The van der Waals surface area contributed by atoms with Crippen LogP contribution in [0.4, 0.5) is 0 Å². The van der Waals surface area contributed by atoms with Gasteiger partial charge in [-0.25, -0.2) is 0 Å². The van der Waals surface area contributed by atoms with E-state index < -0.39 is 0 Å². The van der Waals surface area contributed by atoms with Crippen LogP contribution in [-0.4, -0.2) is 5.91 Å². The lowest BCUT2D eigenvalue weighted by molar-refractivity contribution is -0.119. The SMILES string of the molecule is CCC1(c2ccc(Br)cc2)CC(=O)NC1c1ccccc1. The molecule has 2 nitrogen and oxygen atoms in total. The van der Waals surface area contributed by atoms with Crippen LogP contribution in [0, 0.1) is 0 Å². The van der Waals surface area contributed by atoms with E-state index in [9.17, 15) is 4.79 Å². The molecule has 0 saturated carbocycles. The third kappa shape index (κ3) is 2.51. The van der Waals surface area contributed by atoms with Crippen molar-refractivity contribution < 1.29 is 4.79 Å². The van der Waals surface area contributed by atoms with Crippen LogP contribution >= 0.6 is 15.9 Å². The lowest BCUT2D eigenvalue weighted by Gasteiger charge is -2.34. The van der Waals surface area contributed by atoms with Gasteiger partial charge in [0.1, 0.15) is 0 Å². The summed E-state index contributed by atoms with van der Waals surface area (Å²) < 4.78 is 1.06. The summed E-state index contributed by atoms with van der Waals surface area (Å²) in [4.78, 5) is 12.1. The predicted molar refractivity (Wildman–Crippen MR) is 88.1 cm³/mol. The molecule has 1 fully saturated rings. The highest BCUT2D eigenvalue weighted by Crippen LogP contribution is 2.47. The summed E-state index contributed by atoms with van der Waals surface area (Å²) in [7, 11) is 0. The van der Waals surface area contributed by atoms with Crippen LogP contribution < -0.4 is 5.32 Å². The molecule has 2 aromatic carbocycles. The zero-order chi connectivity index (χ0) is 14.9. The van der Waals surface area contributed by atoms with Crippen molar-refractivity contribution in [3.05, 3.63) is 70.2 Å². The van der Waals surface area contributed by atoms with Crippen molar-refractivity contribution in [1.82, 2.24) is 5.32 Å². The summed E-state index contributed by atoms with van der Waals surface area (Å²) in [6.07, 6.45) is 1.47. The van der Waals surface area contributed by atoms with Crippen LogP contribution in [0.25, 0.3) is 0 Å². The Morgan fingerprint density at radius 2 is 1.81 bits per heavy atom. The number of carbonyl (C=O) groups excluding carboxylic acids is 1. The topological polar surface area (TPSA) is 29.1 Å². The summed E-state index contributed by atoms with van der Waals surface area (Å²) in [5, 5.41) is 3.17. The third-order valence-corrected chi connectivity index (χ3v) is 5.05. The zero-order valence-corrected chi connectivity index (χ0v) is 13.6. The standard InChI is InChI=1S/C18H18BrNO/c1-2-18(14-8-10-15(19)11-9-14)12-16(21)20-17(18)13-6-4-3-5-7-13/h3-11,17H,2,12H2,1H3,(H,20,21). The maximum absolute atomic E-state index is 12.1. The minimum Gasteiger partial charge on any atom is -0.348 e. The summed E-state index contributed by atoms with van der Waals surface area (Å²) in [5.74, 6) is 0.133. The number of carbonyl (C=O) groups is 1. The Morgan fingerprint density at radius 1 is 1.14 bits per heavy atom. The average Bonchev–Trinajstić information content (AvgIpc) is 2.87. The molecule has 108 valence electrons. The second kappa shape index (κ2) is 5.64. The molecule has 1 aliphatic rings. The second-order valence-electron chi connectivity index (χ2n) is 5.60. The van der Waals surface area contributed by atoms with Crippen molar-refractivity contribution in [2.24, 2.45) is 0 Å². The molecule has 1 saturated heterocycles. The fraction of sp³-hybridized carbons (Fsp3) is 0.278. The summed E-state index contributed by atoms with van der Waals surface area (Å²) in [6, 6.07) is 18.7. The Kier molecular flexibility index (Phi) is 3.85. The van der Waals surface area contributed by atoms with E-state index in [-0.39, 0.29) is 17.4 Å². The van der Waals surface area contributed by atoms with Gasteiger partial charge in [0.15, 0.2) is 0 Å². The minimum atomic E-state index is -0.168.